The molecule has 5 rings (SSSR count). The molecule has 5 unspecified atom stereocenters. The number of alkyl halides is 3. The third-order valence-corrected chi connectivity index (χ3v) is 9.32. The molecule has 3 heterocycles. The number of carbonyl (C=O) groups is 3. The van der Waals surface area contributed by atoms with Crippen molar-refractivity contribution in [1.82, 2.24) is 20.4 Å². The molecule has 0 aromatic heterocycles. The van der Waals surface area contributed by atoms with Crippen LogP contribution in [0.15, 0.2) is 24.3 Å². The van der Waals surface area contributed by atoms with Crippen molar-refractivity contribution in [3.05, 3.63) is 35.4 Å². The van der Waals surface area contributed by atoms with Crippen LogP contribution in [0.4, 0.5) is 13.2 Å². The van der Waals surface area contributed by atoms with Gasteiger partial charge in [0.15, 0.2) is 0 Å². The molecule has 8 nitrogen and oxygen atoms in total. The summed E-state index contributed by atoms with van der Waals surface area (Å²) < 4.78 is 45.4. The van der Waals surface area contributed by atoms with Crippen LogP contribution >= 0.6 is 0 Å². The lowest BCUT2D eigenvalue weighted by molar-refractivity contribution is -0.140. The SMILES string of the molecule is CCN(CC)CCN1C(=O)C2C(NC(=O)c3ccc(C(F)(F)F)cc3)C3CCC2(O3)C1C(=O)NC1CCCCC1. The van der Waals surface area contributed by atoms with Crippen molar-refractivity contribution >= 4 is 17.7 Å². The van der Waals surface area contributed by atoms with Crippen molar-refractivity contribution < 1.29 is 32.3 Å². The molecule has 3 aliphatic heterocycles. The second kappa shape index (κ2) is 11.3. The van der Waals surface area contributed by atoms with Gasteiger partial charge >= 0.3 is 6.18 Å². The standard InChI is InChI=1S/C29H39F3N4O4/c1-3-35(4-2)16-17-36-24(26(38)33-20-8-6-5-7-9-20)28-15-14-21(40-28)23(22(28)27(36)39)34-25(37)18-10-12-19(13-11-18)29(30,31)32/h10-13,20-24H,3-9,14-17H2,1-2H3,(H,33,38)(H,34,37). The first-order chi connectivity index (χ1) is 19.1. The van der Waals surface area contributed by atoms with E-state index >= 15 is 0 Å². The average molecular weight is 565 g/mol. The van der Waals surface area contributed by atoms with Crippen molar-refractivity contribution in [1.29, 1.82) is 0 Å². The van der Waals surface area contributed by atoms with Crippen LogP contribution in [0.2, 0.25) is 0 Å². The van der Waals surface area contributed by atoms with Crippen LogP contribution in [0, 0.1) is 5.92 Å². The van der Waals surface area contributed by atoms with Crippen molar-refractivity contribution in [2.75, 3.05) is 26.2 Å². The Morgan fingerprint density at radius 3 is 2.35 bits per heavy atom. The number of amides is 3. The van der Waals surface area contributed by atoms with Crippen molar-refractivity contribution in [2.24, 2.45) is 5.92 Å². The first-order valence-electron chi connectivity index (χ1n) is 14.6. The first-order valence-corrected chi connectivity index (χ1v) is 14.6. The van der Waals surface area contributed by atoms with E-state index in [1.165, 1.54) is 0 Å². The van der Waals surface area contributed by atoms with Gasteiger partial charge in [-0.1, -0.05) is 33.1 Å². The minimum absolute atomic E-state index is 0.0697. The Morgan fingerprint density at radius 1 is 1.05 bits per heavy atom. The number of nitrogens with one attached hydrogen (secondary N) is 2. The highest BCUT2D eigenvalue weighted by Gasteiger charge is 2.73. The summed E-state index contributed by atoms with van der Waals surface area (Å²) in [6, 6.07) is 2.62. The molecule has 220 valence electrons. The Labute approximate surface area is 233 Å². The zero-order valence-corrected chi connectivity index (χ0v) is 23.1. The molecule has 4 fully saturated rings. The average Bonchev–Trinajstić information content (AvgIpc) is 3.57. The van der Waals surface area contributed by atoms with Crippen LogP contribution in [0.25, 0.3) is 0 Å². The second-order valence-corrected chi connectivity index (χ2v) is 11.5. The summed E-state index contributed by atoms with van der Waals surface area (Å²) >= 11 is 0. The maximum Gasteiger partial charge on any atom is 0.416 e. The number of ether oxygens (including phenoxy) is 1. The predicted octanol–water partition coefficient (Wildman–Crippen LogP) is 3.35. The van der Waals surface area contributed by atoms with Crippen LogP contribution in [0.1, 0.15) is 74.7 Å². The summed E-state index contributed by atoms with van der Waals surface area (Å²) in [6.07, 6.45) is 1.27. The molecule has 1 spiro atoms. The van der Waals surface area contributed by atoms with Gasteiger partial charge in [-0.2, -0.15) is 13.2 Å². The summed E-state index contributed by atoms with van der Waals surface area (Å²) in [5.41, 5.74) is -1.81. The molecule has 40 heavy (non-hydrogen) atoms. The predicted molar refractivity (Wildman–Crippen MR) is 141 cm³/mol. The molecule has 11 heteroatoms. The van der Waals surface area contributed by atoms with Crippen LogP contribution < -0.4 is 10.6 Å². The molecule has 2 bridgehead atoms. The molecule has 1 aliphatic carbocycles. The summed E-state index contributed by atoms with van der Waals surface area (Å²) in [4.78, 5) is 44.9. The highest BCUT2D eigenvalue weighted by Crippen LogP contribution is 2.55. The first kappa shape index (κ1) is 28.9. The second-order valence-electron chi connectivity index (χ2n) is 11.5. The van der Waals surface area contributed by atoms with E-state index in [0.29, 0.717) is 25.9 Å². The molecular formula is C29H39F3N4O4. The van der Waals surface area contributed by atoms with Crippen molar-refractivity contribution in [2.45, 2.75) is 94.8 Å². The Bertz CT molecular complexity index is 1100. The van der Waals surface area contributed by atoms with Gasteiger partial charge in [-0.25, -0.2) is 0 Å². The van der Waals surface area contributed by atoms with Crippen LogP contribution in [0.3, 0.4) is 0 Å². The molecule has 1 aromatic carbocycles. The largest absolute Gasteiger partial charge is 0.416 e. The molecule has 2 N–H and O–H groups in total. The number of likely N-dealkylation sites (N-methyl/N-ethyl adjacent to an activating group) is 1. The van der Waals surface area contributed by atoms with Gasteiger partial charge in [-0.05, 0) is 63.0 Å². The van der Waals surface area contributed by atoms with E-state index < -0.39 is 47.4 Å². The smallest absolute Gasteiger partial charge is 0.366 e. The fourth-order valence-corrected chi connectivity index (χ4v) is 7.21. The molecule has 0 radical (unpaired) electrons. The lowest BCUT2D eigenvalue weighted by Crippen LogP contribution is -2.58. The van der Waals surface area contributed by atoms with E-state index in [1.54, 1.807) is 4.90 Å². The Kier molecular flexibility index (Phi) is 8.16. The normalized spacial score (nSPS) is 30.1. The van der Waals surface area contributed by atoms with Crippen molar-refractivity contribution in [3.63, 3.8) is 0 Å². The third kappa shape index (κ3) is 5.22. The number of likely N-dealkylation sites (tertiary alicyclic amines) is 1. The summed E-state index contributed by atoms with van der Waals surface area (Å²) in [7, 11) is 0. The Balaban J connectivity index is 1.38. The maximum atomic E-state index is 14.0. The lowest BCUT2D eigenvalue weighted by Gasteiger charge is -2.35. The van der Waals surface area contributed by atoms with Gasteiger partial charge in [0.25, 0.3) is 5.91 Å². The van der Waals surface area contributed by atoms with E-state index in [-0.39, 0.29) is 23.4 Å². The third-order valence-electron chi connectivity index (χ3n) is 9.32. The fraction of sp³-hybridized carbons (Fsp3) is 0.690. The van der Waals surface area contributed by atoms with E-state index in [4.69, 9.17) is 4.74 Å². The van der Waals surface area contributed by atoms with Gasteiger partial charge in [0.2, 0.25) is 11.8 Å². The number of rotatable bonds is 9. The van der Waals surface area contributed by atoms with E-state index in [1.807, 2.05) is 13.8 Å². The number of benzene rings is 1. The number of hydrogen-bond acceptors (Lipinski definition) is 5. The molecule has 3 amide bonds. The fourth-order valence-electron chi connectivity index (χ4n) is 7.21. The number of carbonyl (C=O) groups excluding carboxylic acids is 3. The minimum Gasteiger partial charge on any atom is -0.366 e. The van der Waals surface area contributed by atoms with E-state index in [0.717, 1.165) is 69.5 Å². The van der Waals surface area contributed by atoms with Gasteiger partial charge in [-0.15, -0.1) is 0 Å². The topological polar surface area (TPSA) is 91.0 Å². The maximum absolute atomic E-state index is 14.0. The molecule has 3 saturated heterocycles. The highest BCUT2D eigenvalue weighted by molar-refractivity contribution is 5.98. The number of hydrogen-bond donors (Lipinski definition) is 2. The summed E-state index contributed by atoms with van der Waals surface area (Å²) in [6.45, 7) is 6.71. The van der Waals surface area contributed by atoms with Gasteiger partial charge in [0.1, 0.15) is 11.6 Å². The molecule has 1 saturated carbocycles. The molecule has 5 atom stereocenters. The van der Waals surface area contributed by atoms with Crippen LogP contribution in [0.5, 0.6) is 0 Å². The molecular weight excluding hydrogens is 525 g/mol. The monoisotopic (exact) mass is 564 g/mol. The van der Waals surface area contributed by atoms with Crippen molar-refractivity contribution in [3.8, 4) is 0 Å². The van der Waals surface area contributed by atoms with Crippen LogP contribution in [-0.4, -0.2) is 83.5 Å². The van der Waals surface area contributed by atoms with Gasteiger partial charge < -0.3 is 25.2 Å². The molecule has 4 aliphatic rings. The Morgan fingerprint density at radius 2 is 1.73 bits per heavy atom. The van der Waals surface area contributed by atoms with Gasteiger partial charge in [0, 0.05) is 24.7 Å². The zero-order chi connectivity index (χ0) is 28.7. The van der Waals surface area contributed by atoms with Crippen LogP contribution in [-0.2, 0) is 20.5 Å². The number of fused-ring (bicyclic) bond motifs is 1. The van der Waals surface area contributed by atoms with E-state index in [2.05, 4.69) is 15.5 Å². The zero-order valence-electron chi connectivity index (χ0n) is 23.1. The lowest BCUT2D eigenvalue weighted by atomic mass is 9.74. The minimum atomic E-state index is -4.50. The Hall–Kier alpha value is -2.66. The highest BCUT2D eigenvalue weighted by atomic mass is 19.4. The van der Waals surface area contributed by atoms with E-state index in [9.17, 15) is 27.6 Å². The molecule has 1 aromatic rings. The number of halogens is 3. The van der Waals surface area contributed by atoms with Gasteiger partial charge in [-0.3, -0.25) is 14.4 Å². The number of nitrogens with zero attached hydrogens (tertiary/aromatic N) is 2. The summed E-state index contributed by atoms with van der Waals surface area (Å²) in [5.74, 6) is -1.71. The summed E-state index contributed by atoms with van der Waals surface area (Å²) in [5, 5.41) is 6.11. The quantitative estimate of drug-likeness (QED) is 0.480. The van der Waals surface area contributed by atoms with Gasteiger partial charge in [0.05, 0.1) is 23.6 Å².